The smallest absolute Gasteiger partial charge is 0.125 e. The fraction of sp³-hybridized carbons (Fsp3) is 0.308. The summed E-state index contributed by atoms with van der Waals surface area (Å²) in [5.74, 6) is 1.03. The van der Waals surface area contributed by atoms with Crippen molar-refractivity contribution in [1.29, 1.82) is 0 Å². The quantitative estimate of drug-likeness (QED) is 0.830. The average molecular weight is 213 g/mol. The van der Waals surface area contributed by atoms with E-state index in [1.54, 1.807) is 0 Å². The molecule has 0 bridgehead atoms. The van der Waals surface area contributed by atoms with Crippen LogP contribution < -0.4 is 4.90 Å². The molecule has 0 amide bonds. The van der Waals surface area contributed by atoms with Crippen LogP contribution in [0.25, 0.3) is 0 Å². The number of aromatic amines is 1. The van der Waals surface area contributed by atoms with E-state index in [4.69, 9.17) is 0 Å². The number of benzene rings is 1. The van der Waals surface area contributed by atoms with Gasteiger partial charge in [-0.3, -0.25) is 0 Å². The van der Waals surface area contributed by atoms with Crippen LogP contribution in [0.15, 0.2) is 36.7 Å². The predicted octanol–water partition coefficient (Wildman–Crippen LogP) is 2.36. The van der Waals surface area contributed by atoms with Gasteiger partial charge >= 0.3 is 0 Å². The van der Waals surface area contributed by atoms with Gasteiger partial charge < -0.3 is 9.88 Å². The summed E-state index contributed by atoms with van der Waals surface area (Å²) < 4.78 is 0. The summed E-state index contributed by atoms with van der Waals surface area (Å²) in [6, 6.07) is 9.19. The van der Waals surface area contributed by atoms with Crippen molar-refractivity contribution in [2.75, 3.05) is 4.90 Å². The van der Waals surface area contributed by atoms with Crippen molar-refractivity contribution in [1.82, 2.24) is 9.97 Å². The van der Waals surface area contributed by atoms with Gasteiger partial charge in [0.1, 0.15) is 5.82 Å². The van der Waals surface area contributed by atoms with Crippen molar-refractivity contribution in [3.8, 4) is 0 Å². The van der Waals surface area contributed by atoms with Gasteiger partial charge in [0, 0.05) is 24.1 Å². The van der Waals surface area contributed by atoms with E-state index >= 15 is 0 Å². The molecule has 0 aliphatic carbocycles. The van der Waals surface area contributed by atoms with E-state index in [-0.39, 0.29) is 0 Å². The Morgan fingerprint density at radius 3 is 3.12 bits per heavy atom. The highest BCUT2D eigenvalue weighted by atomic mass is 15.2. The van der Waals surface area contributed by atoms with Crippen molar-refractivity contribution in [2.24, 2.45) is 0 Å². The second-order valence-electron chi connectivity index (χ2n) is 4.35. The lowest BCUT2D eigenvalue weighted by Gasteiger charge is -2.23. The Balaban J connectivity index is 1.90. The molecule has 1 aliphatic heterocycles. The lowest BCUT2D eigenvalue weighted by molar-refractivity contribution is 0.658. The summed E-state index contributed by atoms with van der Waals surface area (Å²) in [5.41, 5.74) is 2.80. The van der Waals surface area contributed by atoms with E-state index in [0.29, 0.717) is 6.04 Å². The number of para-hydroxylation sites is 1. The Labute approximate surface area is 95.1 Å². The molecule has 1 aromatic heterocycles. The molecule has 16 heavy (non-hydrogen) atoms. The molecule has 0 saturated carbocycles. The van der Waals surface area contributed by atoms with Crippen molar-refractivity contribution in [2.45, 2.75) is 25.9 Å². The van der Waals surface area contributed by atoms with Crippen LogP contribution in [0.3, 0.4) is 0 Å². The topological polar surface area (TPSA) is 31.9 Å². The zero-order valence-electron chi connectivity index (χ0n) is 9.35. The van der Waals surface area contributed by atoms with Gasteiger partial charge in [-0.1, -0.05) is 18.2 Å². The standard InChI is InChI=1S/C13H15N3/c1-10-8-11-4-2-3-5-12(11)16(10)9-13-14-6-7-15-13/h2-7,10H,8-9H2,1H3,(H,14,15)/t10-/m0/s1. The monoisotopic (exact) mass is 213 g/mol. The summed E-state index contributed by atoms with van der Waals surface area (Å²) in [6.45, 7) is 3.13. The number of imidazole rings is 1. The summed E-state index contributed by atoms with van der Waals surface area (Å²) in [4.78, 5) is 9.86. The first kappa shape index (κ1) is 9.46. The van der Waals surface area contributed by atoms with Crippen molar-refractivity contribution in [3.63, 3.8) is 0 Å². The molecule has 0 radical (unpaired) electrons. The Hall–Kier alpha value is -1.77. The third-order valence-electron chi connectivity index (χ3n) is 3.22. The molecular weight excluding hydrogens is 198 g/mol. The lowest BCUT2D eigenvalue weighted by atomic mass is 10.1. The number of anilines is 1. The van der Waals surface area contributed by atoms with Gasteiger partial charge in [-0.15, -0.1) is 0 Å². The highest BCUT2D eigenvalue weighted by molar-refractivity contribution is 5.59. The van der Waals surface area contributed by atoms with Gasteiger partial charge in [0.15, 0.2) is 0 Å². The summed E-state index contributed by atoms with van der Waals surface area (Å²) in [5, 5.41) is 0. The minimum Gasteiger partial charge on any atom is -0.361 e. The second kappa shape index (κ2) is 3.67. The van der Waals surface area contributed by atoms with Crippen LogP contribution in [-0.2, 0) is 13.0 Å². The molecule has 0 unspecified atom stereocenters. The minimum absolute atomic E-state index is 0.558. The Morgan fingerprint density at radius 1 is 1.44 bits per heavy atom. The van der Waals surface area contributed by atoms with E-state index < -0.39 is 0 Å². The van der Waals surface area contributed by atoms with Crippen LogP contribution in [0.2, 0.25) is 0 Å². The number of H-pyrrole nitrogens is 1. The molecule has 0 spiro atoms. The van der Waals surface area contributed by atoms with E-state index in [1.165, 1.54) is 11.3 Å². The van der Waals surface area contributed by atoms with Gasteiger partial charge in [-0.05, 0) is 25.0 Å². The molecule has 1 N–H and O–H groups in total. The molecule has 2 aromatic rings. The third-order valence-corrected chi connectivity index (χ3v) is 3.22. The van der Waals surface area contributed by atoms with Gasteiger partial charge in [0.2, 0.25) is 0 Å². The van der Waals surface area contributed by atoms with Gasteiger partial charge in [-0.2, -0.15) is 0 Å². The van der Waals surface area contributed by atoms with Crippen LogP contribution in [0.4, 0.5) is 5.69 Å². The minimum atomic E-state index is 0.558. The normalized spacial score (nSPS) is 18.8. The maximum Gasteiger partial charge on any atom is 0.125 e. The summed E-state index contributed by atoms with van der Waals surface area (Å²) >= 11 is 0. The number of aromatic nitrogens is 2. The largest absolute Gasteiger partial charge is 0.361 e. The molecule has 3 nitrogen and oxygen atoms in total. The Kier molecular flexibility index (Phi) is 2.17. The van der Waals surface area contributed by atoms with E-state index in [9.17, 15) is 0 Å². The zero-order chi connectivity index (χ0) is 11.0. The van der Waals surface area contributed by atoms with Crippen LogP contribution in [0.1, 0.15) is 18.3 Å². The number of fused-ring (bicyclic) bond motifs is 1. The first-order valence-electron chi connectivity index (χ1n) is 5.67. The molecule has 1 atom stereocenters. The molecule has 82 valence electrons. The Bertz CT molecular complexity index is 476. The van der Waals surface area contributed by atoms with Crippen LogP contribution >= 0.6 is 0 Å². The molecule has 2 heterocycles. The van der Waals surface area contributed by atoms with Crippen molar-refractivity contribution in [3.05, 3.63) is 48.0 Å². The zero-order valence-corrected chi connectivity index (χ0v) is 9.35. The first-order chi connectivity index (χ1) is 7.84. The van der Waals surface area contributed by atoms with Gasteiger partial charge in [-0.25, -0.2) is 4.98 Å². The van der Waals surface area contributed by atoms with E-state index in [0.717, 1.165) is 18.8 Å². The van der Waals surface area contributed by atoms with E-state index in [2.05, 4.69) is 46.1 Å². The van der Waals surface area contributed by atoms with Crippen LogP contribution in [0.5, 0.6) is 0 Å². The molecule has 1 aliphatic rings. The molecule has 0 fully saturated rings. The van der Waals surface area contributed by atoms with Crippen molar-refractivity contribution < 1.29 is 0 Å². The third kappa shape index (κ3) is 1.48. The number of hydrogen-bond donors (Lipinski definition) is 1. The average Bonchev–Trinajstić information content (AvgIpc) is 2.89. The van der Waals surface area contributed by atoms with Crippen LogP contribution in [0, 0.1) is 0 Å². The molecule has 3 heteroatoms. The highest BCUT2D eigenvalue weighted by Gasteiger charge is 2.25. The fourth-order valence-electron chi connectivity index (χ4n) is 2.42. The second-order valence-corrected chi connectivity index (χ2v) is 4.35. The number of hydrogen-bond acceptors (Lipinski definition) is 2. The van der Waals surface area contributed by atoms with E-state index in [1.807, 2.05) is 12.4 Å². The first-order valence-corrected chi connectivity index (χ1v) is 5.67. The maximum absolute atomic E-state index is 4.29. The maximum atomic E-state index is 4.29. The SMILES string of the molecule is C[C@H]1Cc2ccccc2N1Cc1ncc[nH]1. The van der Waals surface area contributed by atoms with Crippen LogP contribution in [-0.4, -0.2) is 16.0 Å². The Morgan fingerprint density at radius 2 is 2.31 bits per heavy atom. The number of rotatable bonds is 2. The molecule has 0 saturated heterocycles. The predicted molar refractivity (Wildman–Crippen MR) is 64.4 cm³/mol. The molecule has 1 aromatic carbocycles. The van der Waals surface area contributed by atoms with Gasteiger partial charge in [0.05, 0.1) is 6.54 Å². The van der Waals surface area contributed by atoms with Gasteiger partial charge in [0.25, 0.3) is 0 Å². The number of nitrogens with zero attached hydrogens (tertiary/aromatic N) is 2. The summed E-state index contributed by atoms with van der Waals surface area (Å²) in [6.07, 6.45) is 4.82. The molecular formula is C13H15N3. The lowest BCUT2D eigenvalue weighted by Crippen LogP contribution is -2.29. The van der Waals surface area contributed by atoms with Crippen molar-refractivity contribution >= 4 is 5.69 Å². The fourth-order valence-corrected chi connectivity index (χ4v) is 2.42. The molecule has 3 rings (SSSR count). The number of nitrogens with one attached hydrogen (secondary N) is 1. The summed E-state index contributed by atoms with van der Waals surface area (Å²) in [7, 11) is 0. The highest BCUT2D eigenvalue weighted by Crippen LogP contribution is 2.32.